The molecule has 0 aliphatic carbocycles. The number of carbonyl (C=O) groups excluding carboxylic acids is 2. The molecule has 1 atom stereocenters. The van der Waals surface area contributed by atoms with Crippen molar-refractivity contribution >= 4 is 39.2 Å². The van der Waals surface area contributed by atoms with Gasteiger partial charge in [0.25, 0.3) is 15.9 Å². The molecule has 11 heteroatoms. The van der Waals surface area contributed by atoms with E-state index in [2.05, 4.69) is 9.82 Å². The number of nitrogens with zero attached hydrogens (tertiary/aromatic N) is 2. The van der Waals surface area contributed by atoms with Crippen LogP contribution in [-0.4, -0.2) is 37.7 Å². The first-order valence-electron chi connectivity index (χ1n) is 12.3. The van der Waals surface area contributed by atoms with E-state index in [1.54, 1.807) is 54.6 Å². The number of ether oxygens (including phenoxy) is 2. The summed E-state index contributed by atoms with van der Waals surface area (Å²) in [5.74, 6) is -0.292. The lowest BCUT2D eigenvalue weighted by Gasteiger charge is -2.30. The fourth-order valence-corrected chi connectivity index (χ4v) is 5.50. The van der Waals surface area contributed by atoms with Gasteiger partial charge >= 0.3 is 0 Å². The average Bonchev–Trinajstić information content (AvgIpc) is 3.38. The second-order valence-corrected chi connectivity index (χ2v) is 11.6. The second-order valence-electron chi connectivity index (χ2n) is 9.50. The second kappa shape index (κ2) is 10.7. The van der Waals surface area contributed by atoms with Crippen molar-refractivity contribution in [3.8, 4) is 11.5 Å². The van der Waals surface area contributed by atoms with E-state index in [-0.39, 0.29) is 24.0 Å². The quantitative estimate of drug-likeness (QED) is 0.440. The van der Waals surface area contributed by atoms with Crippen LogP contribution < -0.4 is 14.2 Å². The molecule has 0 saturated heterocycles. The molecule has 5 rings (SSSR count). The number of benzene rings is 3. The maximum absolute atomic E-state index is 13.7. The maximum atomic E-state index is 13.7. The Morgan fingerprint density at radius 3 is 2.31 bits per heavy atom. The predicted octanol–water partition coefficient (Wildman–Crippen LogP) is 4.77. The van der Waals surface area contributed by atoms with E-state index in [1.807, 2.05) is 13.8 Å². The molecular formula is C28H26ClN3O6S. The third kappa shape index (κ3) is 5.62. The Morgan fingerprint density at radius 2 is 1.62 bits per heavy atom. The van der Waals surface area contributed by atoms with Crippen LogP contribution in [0, 0.1) is 0 Å². The summed E-state index contributed by atoms with van der Waals surface area (Å²) >= 11 is 6.02. The van der Waals surface area contributed by atoms with Gasteiger partial charge in [-0.15, -0.1) is 0 Å². The SMILES string of the molecule is CC(C)c1ccc(S(=O)(=O)NC(=O)C(c2ccc3c(c2)OCO3)N2N=C(c3ccc(Cl)cc3)CCC2=O)cc1. The monoisotopic (exact) mass is 567 g/mol. The molecule has 2 heterocycles. The molecule has 0 saturated carbocycles. The van der Waals surface area contributed by atoms with Gasteiger partial charge in [-0.25, -0.2) is 18.1 Å². The summed E-state index contributed by atoms with van der Waals surface area (Å²) in [6.07, 6.45) is 0.437. The number of amides is 2. The Hall–Kier alpha value is -3.89. The molecule has 1 unspecified atom stereocenters. The molecule has 0 bridgehead atoms. The Bertz CT molecular complexity index is 1550. The van der Waals surface area contributed by atoms with Crippen LogP contribution in [0.25, 0.3) is 0 Å². The number of hydrogen-bond donors (Lipinski definition) is 1. The van der Waals surface area contributed by atoms with Gasteiger partial charge in [0, 0.05) is 17.9 Å². The minimum atomic E-state index is -4.25. The number of sulfonamides is 1. The van der Waals surface area contributed by atoms with Crippen molar-refractivity contribution in [1.82, 2.24) is 9.73 Å². The lowest BCUT2D eigenvalue weighted by atomic mass is 10.0. The highest BCUT2D eigenvalue weighted by Crippen LogP contribution is 2.37. The zero-order valence-corrected chi connectivity index (χ0v) is 22.8. The van der Waals surface area contributed by atoms with Crippen LogP contribution in [0.3, 0.4) is 0 Å². The molecule has 0 fully saturated rings. The Morgan fingerprint density at radius 1 is 0.949 bits per heavy atom. The average molecular weight is 568 g/mol. The standard InChI is InChI=1S/C28H26ClN3O6S/c1-17(2)18-5-10-22(11-6-18)39(35,36)31-28(34)27(20-7-13-24-25(15-20)38-16-37-24)32-26(33)14-12-23(30-32)19-3-8-21(29)9-4-19/h3-11,13,15,17,27H,12,14,16H2,1-2H3,(H,31,34). The van der Waals surface area contributed by atoms with Crippen molar-refractivity contribution in [2.75, 3.05) is 6.79 Å². The van der Waals surface area contributed by atoms with Gasteiger partial charge in [0.15, 0.2) is 17.5 Å². The van der Waals surface area contributed by atoms with E-state index < -0.39 is 27.9 Å². The fraction of sp³-hybridized carbons (Fsp3) is 0.250. The molecule has 3 aromatic carbocycles. The normalized spacial score (nSPS) is 15.7. The van der Waals surface area contributed by atoms with Crippen LogP contribution >= 0.6 is 11.6 Å². The van der Waals surface area contributed by atoms with Crippen molar-refractivity contribution in [3.05, 3.63) is 88.4 Å². The van der Waals surface area contributed by atoms with Crippen molar-refractivity contribution in [2.24, 2.45) is 5.10 Å². The number of fused-ring (bicyclic) bond motifs is 1. The van der Waals surface area contributed by atoms with Crippen molar-refractivity contribution in [3.63, 3.8) is 0 Å². The molecule has 0 radical (unpaired) electrons. The summed E-state index contributed by atoms with van der Waals surface area (Å²) in [5, 5.41) is 6.11. The molecule has 2 aliphatic heterocycles. The summed E-state index contributed by atoms with van der Waals surface area (Å²) < 4.78 is 39.4. The van der Waals surface area contributed by atoms with E-state index >= 15 is 0 Å². The highest BCUT2D eigenvalue weighted by Gasteiger charge is 2.37. The lowest BCUT2D eigenvalue weighted by molar-refractivity contribution is -0.140. The van der Waals surface area contributed by atoms with Crippen LogP contribution in [0.15, 0.2) is 76.7 Å². The summed E-state index contributed by atoms with van der Waals surface area (Å²) in [5.41, 5.74) is 2.58. The summed E-state index contributed by atoms with van der Waals surface area (Å²) in [7, 11) is -4.25. The lowest BCUT2D eigenvalue weighted by Crippen LogP contribution is -2.45. The summed E-state index contributed by atoms with van der Waals surface area (Å²) in [4.78, 5) is 26.8. The fourth-order valence-electron chi connectivity index (χ4n) is 4.39. The number of halogens is 1. The first-order valence-corrected chi connectivity index (χ1v) is 14.2. The van der Waals surface area contributed by atoms with Gasteiger partial charge in [0.05, 0.1) is 10.6 Å². The predicted molar refractivity (Wildman–Crippen MR) is 145 cm³/mol. The third-order valence-electron chi connectivity index (χ3n) is 6.53. The van der Waals surface area contributed by atoms with E-state index in [0.717, 1.165) is 16.1 Å². The van der Waals surface area contributed by atoms with Crippen molar-refractivity contribution < 1.29 is 27.5 Å². The van der Waals surface area contributed by atoms with E-state index in [1.165, 1.54) is 12.1 Å². The maximum Gasteiger partial charge on any atom is 0.264 e. The number of nitrogens with one attached hydrogen (secondary N) is 1. The first kappa shape index (κ1) is 26.7. The molecule has 9 nitrogen and oxygen atoms in total. The first-order chi connectivity index (χ1) is 18.6. The molecule has 202 valence electrons. The van der Waals surface area contributed by atoms with E-state index in [9.17, 15) is 18.0 Å². The molecule has 0 aromatic heterocycles. The van der Waals surface area contributed by atoms with Crippen molar-refractivity contribution in [1.29, 1.82) is 0 Å². The number of carbonyl (C=O) groups is 2. The summed E-state index contributed by atoms with van der Waals surface area (Å²) in [6.45, 7) is 4.00. The largest absolute Gasteiger partial charge is 0.454 e. The molecule has 2 aliphatic rings. The molecule has 39 heavy (non-hydrogen) atoms. The molecule has 0 spiro atoms. The molecular weight excluding hydrogens is 542 g/mol. The number of hydrogen-bond acceptors (Lipinski definition) is 7. The molecule has 1 N–H and O–H groups in total. The molecule has 2 amide bonds. The van der Waals surface area contributed by atoms with Crippen LogP contribution in [-0.2, 0) is 19.6 Å². The van der Waals surface area contributed by atoms with Gasteiger partial charge in [0.2, 0.25) is 12.7 Å². The van der Waals surface area contributed by atoms with Crippen molar-refractivity contribution in [2.45, 2.75) is 43.5 Å². The zero-order valence-electron chi connectivity index (χ0n) is 21.3. The highest BCUT2D eigenvalue weighted by molar-refractivity contribution is 7.90. The van der Waals surface area contributed by atoms with Crippen LogP contribution in [0.2, 0.25) is 5.02 Å². The van der Waals surface area contributed by atoms with Crippen LogP contribution in [0.4, 0.5) is 0 Å². The Kier molecular flexibility index (Phi) is 7.33. The minimum Gasteiger partial charge on any atom is -0.454 e. The van der Waals surface area contributed by atoms with E-state index in [4.69, 9.17) is 21.1 Å². The zero-order chi connectivity index (χ0) is 27.7. The topological polar surface area (TPSA) is 114 Å². The van der Waals surface area contributed by atoms with Gasteiger partial charge in [-0.05, 0) is 59.0 Å². The van der Waals surface area contributed by atoms with Gasteiger partial charge in [-0.2, -0.15) is 5.10 Å². The van der Waals surface area contributed by atoms with E-state index in [0.29, 0.717) is 34.2 Å². The minimum absolute atomic E-state index is 0.0118. The van der Waals surface area contributed by atoms with Gasteiger partial charge in [0.1, 0.15) is 0 Å². The number of rotatable bonds is 7. The van der Waals surface area contributed by atoms with Crippen LogP contribution in [0.1, 0.15) is 55.3 Å². The van der Waals surface area contributed by atoms with Gasteiger partial charge in [-0.3, -0.25) is 9.59 Å². The third-order valence-corrected chi connectivity index (χ3v) is 8.15. The Balaban J connectivity index is 1.52. The van der Waals surface area contributed by atoms with Crippen LogP contribution in [0.5, 0.6) is 11.5 Å². The number of hydrazone groups is 1. The van der Waals surface area contributed by atoms with Gasteiger partial charge < -0.3 is 9.47 Å². The Labute approximate surface area is 231 Å². The summed E-state index contributed by atoms with van der Waals surface area (Å²) in [6, 6.07) is 16.6. The van der Waals surface area contributed by atoms with Gasteiger partial charge in [-0.1, -0.05) is 55.8 Å². The molecule has 3 aromatic rings. The smallest absolute Gasteiger partial charge is 0.264 e. The highest BCUT2D eigenvalue weighted by atomic mass is 35.5.